The Morgan fingerprint density at radius 3 is 2.65 bits per heavy atom. The number of para-hydroxylation sites is 3. The van der Waals surface area contributed by atoms with Gasteiger partial charge in [0, 0.05) is 0 Å². The Labute approximate surface area is 154 Å². The van der Waals surface area contributed by atoms with Gasteiger partial charge in [0.25, 0.3) is 5.56 Å². The number of nitrogens with zero attached hydrogens (tertiary/aromatic N) is 2. The van der Waals surface area contributed by atoms with Crippen LogP contribution in [0.25, 0.3) is 16.6 Å². The third kappa shape index (κ3) is 3.57. The van der Waals surface area contributed by atoms with E-state index < -0.39 is 0 Å². The number of carbonyl (C=O) groups excluding carboxylic acids is 1. The van der Waals surface area contributed by atoms with Crippen molar-refractivity contribution in [2.45, 2.75) is 12.1 Å². The highest BCUT2D eigenvalue weighted by Crippen LogP contribution is 2.27. The summed E-state index contributed by atoms with van der Waals surface area (Å²) in [6.07, 6.45) is 0. The van der Waals surface area contributed by atoms with Crippen molar-refractivity contribution in [1.29, 1.82) is 0 Å². The molecule has 2 aromatic carbocycles. The number of hydrogen-bond acceptors (Lipinski definition) is 6. The van der Waals surface area contributed by atoms with E-state index in [1.165, 1.54) is 4.57 Å². The normalized spacial score (nSPS) is 10.7. The highest BCUT2D eigenvalue weighted by Gasteiger charge is 2.17. The fourth-order valence-corrected chi connectivity index (χ4v) is 3.37. The largest absolute Gasteiger partial charge is 0.495 e. The van der Waals surface area contributed by atoms with Crippen LogP contribution in [0.1, 0.15) is 6.92 Å². The summed E-state index contributed by atoms with van der Waals surface area (Å²) in [5.74, 6) is 0.254. The molecule has 1 aromatic heterocycles. The van der Waals surface area contributed by atoms with Gasteiger partial charge in [-0.2, -0.15) is 0 Å². The number of thioether (sulfide) groups is 1. The van der Waals surface area contributed by atoms with Crippen molar-refractivity contribution in [2.75, 3.05) is 19.5 Å². The number of esters is 1. The maximum atomic E-state index is 13.1. The monoisotopic (exact) mass is 370 g/mol. The van der Waals surface area contributed by atoms with E-state index in [-0.39, 0.29) is 17.3 Å². The van der Waals surface area contributed by atoms with Gasteiger partial charge in [0.1, 0.15) is 5.75 Å². The predicted molar refractivity (Wildman–Crippen MR) is 101 cm³/mol. The maximum Gasteiger partial charge on any atom is 0.316 e. The summed E-state index contributed by atoms with van der Waals surface area (Å²) in [7, 11) is 1.55. The van der Waals surface area contributed by atoms with Gasteiger partial charge in [-0.15, -0.1) is 0 Å². The summed E-state index contributed by atoms with van der Waals surface area (Å²) in [6, 6.07) is 14.3. The molecule has 0 fully saturated rings. The van der Waals surface area contributed by atoms with Gasteiger partial charge < -0.3 is 9.47 Å². The van der Waals surface area contributed by atoms with E-state index in [2.05, 4.69) is 4.98 Å². The SMILES string of the molecule is CCOC(=O)CSc1nc2ccccc2c(=O)n1-c1ccccc1OC. The number of fused-ring (bicyclic) bond motifs is 1. The molecule has 0 aliphatic heterocycles. The zero-order valence-corrected chi connectivity index (χ0v) is 15.3. The first-order valence-corrected chi connectivity index (χ1v) is 9.08. The summed E-state index contributed by atoms with van der Waals surface area (Å²) in [4.78, 5) is 29.5. The number of carbonyl (C=O) groups is 1. The molecule has 0 aliphatic rings. The number of benzene rings is 2. The van der Waals surface area contributed by atoms with Crippen molar-refractivity contribution < 1.29 is 14.3 Å². The van der Waals surface area contributed by atoms with E-state index in [9.17, 15) is 9.59 Å². The molecular formula is C19H18N2O4S. The van der Waals surface area contributed by atoms with E-state index in [1.54, 1.807) is 44.4 Å². The van der Waals surface area contributed by atoms with Gasteiger partial charge in [-0.1, -0.05) is 36.0 Å². The second kappa shape index (κ2) is 8.05. The summed E-state index contributed by atoms with van der Waals surface area (Å²) >= 11 is 1.16. The fraction of sp³-hybridized carbons (Fsp3) is 0.211. The minimum atomic E-state index is -0.355. The molecule has 26 heavy (non-hydrogen) atoms. The molecule has 3 rings (SSSR count). The molecule has 0 bridgehead atoms. The molecule has 7 heteroatoms. The number of rotatable bonds is 6. The lowest BCUT2D eigenvalue weighted by molar-refractivity contribution is -0.139. The van der Waals surface area contributed by atoms with Crippen LogP contribution in [-0.2, 0) is 9.53 Å². The molecule has 0 aliphatic carbocycles. The maximum absolute atomic E-state index is 13.1. The Morgan fingerprint density at radius 2 is 1.88 bits per heavy atom. The Morgan fingerprint density at radius 1 is 1.15 bits per heavy atom. The van der Waals surface area contributed by atoms with Gasteiger partial charge in [0.15, 0.2) is 5.16 Å². The minimum absolute atomic E-state index is 0.0633. The topological polar surface area (TPSA) is 70.4 Å². The summed E-state index contributed by atoms with van der Waals surface area (Å²) < 4.78 is 11.8. The van der Waals surface area contributed by atoms with Crippen LogP contribution in [0, 0.1) is 0 Å². The Balaban J connectivity index is 2.18. The fourth-order valence-electron chi connectivity index (χ4n) is 2.56. The van der Waals surface area contributed by atoms with Crippen molar-refractivity contribution in [2.24, 2.45) is 0 Å². The molecule has 0 spiro atoms. The number of aromatic nitrogens is 2. The van der Waals surface area contributed by atoms with Gasteiger partial charge in [0.05, 0.1) is 36.1 Å². The molecule has 6 nitrogen and oxygen atoms in total. The standard InChI is InChI=1S/C19H18N2O4S/c1-3-25-17(22)12-26-19-20-14-9-5-4-8-13(14)18(23)21(19)15-10-6-7-11-16(15)24-2/h4-11H,3,12H2,1-2H3. The van der Waals surface area contributed by atoms with Crippen molar-refractivity contribution in [3.8, 4) is 11.4 Å². The second-order valence-electron chi connectivity index (χ2n) is 5.32. The molecule has 1 heterocycles. The van der Waals surface area contributed by atoms with Gasteiger partial charge in [-0.3, -0.25) is 14.2 Å². The van der Waals surface area contributed by atoms with Crippen LogP contribution in [0.3, 0.4) is 0 Å². The highest BCUT2D eigenvalue weighted by molar-refractivity contribution is 7.99. The van der Waals surface area contributed by atoms with E-state index in [0.29, 0.717) is 34.1 Å². The van der Waals surface area contributed by atoms with Crippen LogP contribution in [0.4, 0.5) is 0 Å². The van der Waals surface area contributed by atoms with Gasteiger partial charge >= 0.3 is 5.97 Å². The van der Waals surface area contributed by atoms with E-state index in [4.69, 9.17) is 9.47 Å². The van der Waals surface area contributed by atoms with Crippen LogP contribution in [0.2, 0.25) is 0 Å². The van der Waals surface area contributed by atoms with Gasteiger partial charge in [-0.05, 0) is 31.2 Å². The smallest absolute Gasteiger partial charge is 0.316 e. The first-order chi connectivity index (χ1) is 12.7. The Kier molecular flexibility index (Phi) is 5.58. The lowest BCUT2D eigenvalue weighted by Crippen LogP contribution is -2.23. The summed E-state index contributed by atoms with van der Waals surface area (Å²) in [5, 5.41) is 0.908. The third-order valence-electron chi connectivity index (χ3n) is 3.70. The number of ether oxygens (including phenoxy) is 2. The lowest BCUT2D eigenvalue weighted by atomic mass is 10.2. The molecule has 0 N–H and O–H groups in total. The third-order valence-corrected chi connectivity index (χ3v) is 4.61. The minimum Gasteiger partial charge on any atom is -0.495 e. The summed E-state index contributed by atoms with van der Waals surface area (Å²) in [6.45, 7) is 2.06. The van der Waals surface area contributed by atoms with Crippen molar-refractivity contribution in [3.63, 3.8) is 0 Å². The van der Waals surface area contributed by atoms with E-state index in [1.807, 2.05) is 18.2 Å². The molecule has 3 aromatic rings. The number of methoxy groups -OCH3 is 1. The average molecular weight is 370 g/mol. The second-order valence-corrected chi connectivity index (χ2v) is 6.26. The van der Waals surface area contributed by atoms with Gasteiger partial charge in [0.2, 0.25) is 0 Å². The molecule has 0 saturated carbocycles. The van der Waals surface area contributed by atoms with Crippen LogP contribution in [0.5, 0.6) is 5.75 Å². The highest BCUT2D eigenvalue weighted by atomic mass is 32.2. The quantitative estimate of drug-likeness (QED) is 0.377. The predicted octanol–water partition coefficient (Wildman–Crippen LogP) is 3.05. The molecule has 0 unspecified atom stereocenters. The van der Waals surface area contributed by atoms with Crippen LogP contribution < -0.4 is 10.3 Å². The van der Waals surface area contributed by atoms with Crippen molar-refractivity contribution in [3.05, 3.63) is 58.9 Å². The molecule has 134 valence electrons. The summed E-state index contributed by atoms with van der Waals surface area (Å²) in [5.41, 5.74) is 0.936. The Hall–Kier alpha value is -2.80. The van der Waals surface area contributed by atoms with Crippen LogP contribution >= 0.6 is 11.8 Å². The van der Waals surface area contributed by atoms with Crippen LogP contribution in [-0.4, -0.2) is 35.0 Å². The van der Waals surface area contributed by atoms with Crippen LogP contribution in [0.15, 0.2) is 58.5 Å². The van der Waals surface area contributed by atoms with Crippen molar-refractivity contribution in [1.82, 2.24) is 9.55 Å². The van der Waals surface area contributed by atoms with E-state index in [0.717, 1.165) is 11.8 Å². The number of hydrogen-bond donors (Lipinski definition) is 0. The average Bonchev–Trinajstić information content (AvgIpc) is 2.67. The lowest BCUT2D eigenvalue weighted by Gasteiger charge is -2.15. The molecule has 0 radical (unpaired) electrons. The molecule has 0 saturated heterocycles. The van der Waals surface area contributed by atoms with E-state index >= 15 is 0 Å². The molecule has 0 amide bonds. The first-order valence-electron chi connectivity index (χ1n) is 8.09. The zero-order chi connectivity index (χ0) is 18.5. The van der Waals surface area contributed by atoms with Crippen molar-refractivity contribution >= 4 is 28.6 Å². The first kappa shape index (κ1) is 18.0. The Bertz CT molecular complexity index is 1000. The molecular weight excluding hydrogens is 352 g/mol. The molecule has 0 atom stereocenters. The zero-order valence-electron chi connectivity index (χ0n) is 14.5. The van der Waals surface area contributed by atoms with Gasteiger partial charge in [-0.25, -0.2) is 4.98 Å².